The van der Waals surface area contributed by atoms with Gasteiger partial charge in [-0.2, -0.15) is 5.10 Å². The third-order valence-electron chi connectivity index (χ3n) is 1.75. The minimum atomic E-state index is -0.315. The van der Waals surface area contributed by atoms with Crippen molar-refractivity contribution < 1.29 is 9.13 Å². The van der Waals surface area contributed by atoms with Gasteiger partial charge in [0.1, 0.15) is 11.6 Å². The highest BCUT2D eigenvalue weighted by Gasteiger charge is 2.14. The summed E-state index contributed by atoms with van der Waals surface area (Å²) in [6.45, 7) is 0. The van der Waals surface area contributed by atoms with Gasteiger partial charge in [0.05, 0.1) is 7.11 Å². The highest BCUT2D eigenvalue weighted by Crippen LogP contribution is 2.23. The SMILES string of the molecule is COC1=C(/C(Cl)=N/N)CC(F)=CC=C1. The number of halogens is 2. The Bertz CT molecular complexity index is 345. The average molecular weight is 217 g/mol. The zero-order valence-electron chi connectivity index (χ0n) is 7.63. The molecule has 1 aliphatic carbocycles. The lowest BCUT2D eigenvalue weighted by Gasteiger charge is -2.07. The third-order valence-corrected chi connectivity index (χ3v) is 2.08. The summed E-state index contributed by atoms with van der Waals surface area (Å²) in [6, 6.07) is 0. The van der Waals surface area contributed by atoms with Crippen molar-refractivity contribution in [3.8, 4) is 0 Å². The predicted molar refractivity (Wildman–Crippen MR) is 54.5 cm³/mol. The second-order valence-electron chi connectivity index (χ2n) is 2.62. The van der Waals surface area contributed by atoms with Crippen molar-refractivity contribution in [1.29, 1.82) is 0 Å². The molecule has 0 saturated heterocycles. The van der Waals surface area contributed by atoms with Crippen LogP contribution in [0.15, 0.2) is 40.5 Å². The van der Waals surface area contributed by atoms with Gasteiger partial charge in [0, 0.05) is 12.0 Å². The van der Waals surface area contributed by atoms with Crippen molar-refractivity contribution >= 4 is 16.8 Å². The predicted octanol–water partition coefficient (Wildman–Crippen LogP) is 2.21. The van der Waals surface area contributed by atoms with Crippen LogP contribution in [-0.2, 0) is 4.74 Å². The van der Waals surface area contributed by atoms with Gasteiger partial charge in [-0.05, 0) is 12.2 Å². The van der Waals surface area contributed by atoms with E-state index in [1.54, 1.807) is 12.2 Å². The van der Waals surface area contributed by atoms with Crippen molar-refractivity contribution in [3.05, 3.63) is 35.4 Å². The zero-order valence-corrected chi connectivity index (χ0v) is 8.38. The fourth-order valence-electron chi connectivity index (χ4n) is 1.10. The van der Waals surface area contributed by atoms with Crippen LogP contribution in [0.3, 0.4) is 0 Å². The van der Waals surface area contributed by atoms with Gasteiger partial charge in [0.2, 0.25) is 0 Å². The first kappa shape index (κ1) is 10.8. The normalized spacial score (nSPS) is 17.9. The number of methoxy groups -OCH3 is 1. The second kappa shape index (κ2) is 4.81. The first-order valence-corrected chi connectivity index (χ1v) is 4.30. The van der Waals surface area contributed by atoms with Crippen molar-refractivity contribution in [2.75, 3.05) is 7.11 Å². The van der Waals surface area contributed by atoms with Gasteiger partial charge in [0.15, 0.2) is 5.17 Å². The van der Waals surface area contributed by atoms with E-state index in [1.807, 2.05) is 0 Å². The van der Waals surface area contributed by atoms with Gasteiger partial charge in [-0.15, -0.1) is 0 Å². The average Bonchev–Trinajstić information content (AvgIpc) is 2.38. The van der Waals surface area contributed by atoms with Crippen molar-refractivity contribution in [2.45, 2.75) is 6.42 Å². The molecule has 5 heteroatoms. The van der Waals surface area contributed by atoms with E-state index in [2.05, 4.69) is 5.10 Å². The number of hydrogen-bond acceptors (Lipinski definition) is 3. The monoisotopic (exact) mass is 216 g/mol. The van der Waals surface area contributed by atoms with Gasteiger partial charge in [-0.3, -0.25) is 0 Å². The minimum absolute atomic E-state index is 0.0374. The third kappa shape index (κ3) is 2.35. The van der Waals surface area contributed by atoms with Crippen LogP contribution in [0, 0.1) is 0 Å². The molecule has 0 aromatic rings. The molecular weight excluding hydrogens is 207 g/mol. The number of allylic oxidation sites excluding steroid dienone is 5. The van der Waals surface area contributed by atoms with E-state index in [0.717, 1.165) is 0 Å². The lowest BCUT2D eigenvalue weighted by Crippen LogP contribution is -2.03. The Morgan fingerprint density at radius 2 is 2.43 bits per heavy atom. The molecule has 0 fully saturated rings. The molecule has 14 heavy (non-hydrogen) atoms. The summed E-state index contributed by atoms with van der Waals surface area (Å²) >= 11 is 5.71. The molecule has 3 nitrogen and oxygen atoms in total. The van der Waals surface area contributed by atoms with Crippen LogP contribution in [0.5, 0.6) is 0 Å². The van der Waals surface area contributed by atoms with E-state index >= 15 is 0 Å². The van der Waals surface area contributed by atoms with Crippen molar-refractivity contribution in [3.63, 3.8) is 0 Å². The maximum atomic E-state index is 13.1. The molecule has 0 aliphatic heterocycles. The summed E-state index contributed by atoms with van der Waals surface area (Å²) in [6.07, 6.45) is 4.53. The number of ether oxygens (including phenoxy) is 1. The molecule has 0 bridgehead atoms. The van der Waals surface area contributed by atoms with E-state index in [-0.39, 0.29) is 17.4 Å². The number of hydrazone groups is 1. The van der Waals surface area contributed by atoms with E-state index in [9.17, 15) is 4.39 Å². The lowest BCUT2D eigenvalue weighted by molar-refractivity contribution is 0.303. The molecule has 0 unspecified atom stereocenters. The molecule has 1 aliphatic rings. The molecular formula is C9H10ClFN2O. The maximum absolute atomic E-state index is 13.1. The summed E-state index contributed by atoms with van der Waals surface area (Å²) in [4.78, 5) is 0. The smallest absolute Gasteiger partial charge is 0.155 e. The Morgan fingerprint density at radius 1 is 1.71 bits per heavy atom. The van der Waals surface area contributed by atoms with E-state index in [4.69, 9.17) is 22.2 Å². The lowest BCUT2D eigenvalue weighted by atomic mass is 10.1. The molecule has 0 atom stereocenters. The maximum Gasteiger partial charge on any atom is 0.155 e. The molecule has 76 valence electrons. The van der Waals surface area contributed by atoms with Crippen LogP contribution >= 0.6 is 11.6 Å². The molecule has 0 saturated carbocycles. The van der Waals surface area contributed by atoms with Gasteiger partial charge >= 0.3 is 0 Å². The fourth-order valence-corrected chi connectivity index (χ4v) is 1.26. The van der Waals surface area contributed by atoms with Crippen LogP contribution in [0.2, 0.25) is 0 Å². The van der Waals surface area contributed by atoms with Gasteiger partial charge in [-0.25, -0.2) is 4.39 Å². The molecule has 0 heterocycles. The summed E-state index contributed by atoms with van der Waals surface area (Å²) in [5, 5.41) is 3.36. The van der Waals surface area contributed by atoms with Crippen LogP contribution < -0.4 is 5.84 Å². The molecule has 0 aromatic heterocycles. The standard InChI is InChI=1S/C9H10ClFN2O/c1-14-8-4-2-3-6(11)5-7(8)9(10)13-12/h2-4H,5,12H2,1H3/b13-9-. The van der Waals surface area contributed by atoms with E-state index < -0.39 is 0 Å². The molecule has 0 radical (unpaired) electrons. The summed E-state index contributed by atoms with van der Waals surface area (Å²) < 4.78 is 18.1. The molecule has 0 aromatic carbocycles. The fraction of sp³-hybridized carbons (Fsp3) is 0.222. The number of nitrogens with zero attached hydrogens (tertiary/aromatic N) is 1. The first-order chi connectivity index (χ1) is 6.69. The van der Waals surface area contributed by atoms with Crippen LogP contribution in [0.25, 0.3) is 0 Å². The molecule has 0 amide bonds. The topological polar surface area (TPSA) is 47.6 Å². The quantitative estimate of drug-likeness (QED) is 0.437. The largest absolute Gasteiger partial charge is 0.496 e. The van der Waals surface area contributed by atoms with Crippen LogP contribution in [-0.4, -0.2) is 12.3 Å². The molecule has 2 N–H and O–H groups in total. The Morgan fingerprint density at radius 3 is 3.00 bits per heavy atom. The van der Waals surface area contributed by atoms with Crippen LogP contribution in [0.1, 0.15) is 6.42 Å². The van der Waals surface area contributed by atoms with E-state index in [0.29, 0.717) is 11.3 Å². The summed E-state index contributed by atoms with van der Waals surface area (Å²) in [5.41, 5.74) is 0.444. The molecule has 0 spiro atoms. The molecule has 1 rings (SSSR count). The summed E-state index contributed by atoms with van der Waals surface area (Å²) in [7, 11) is 1.48. The van der Waals surface area contributed by atoms with E-state index in [1.165, 1.54) is 13.2 Å². The zero-order chi connectivity index (χ0) is 10.6. The Balaban J connectivity index is 3.12. The number of rotatable bonds is 2. The Labute approximate surface area is 86.4 Å². The highest BCUT2D eigenvalue weighted by atomic mass is 35.5. The second-order valence-corrected chi connectivity index (χ2v) is 2.97. The van der Waals surface area contributed by atoms with Gasteiger partial charge < -0.3 is 10.6 Å². The Kier molecular flexibility index (Phi) is 3.71. The minimum Gasteiger partial charge on any atom is -0.496 e. The van der Waals surface area contributed by atoms with Crippen molar-refractivity contribution in [2.24, 2.45) is 10.9 Å². The van der Waals surface area contributed by atoms with Crippen molar-refractivity contribution in [1.82, 2.24) is 0 Å². The number of nitrogens with two attached hydrogens (primary N) is 1. The number of hydrogen-bond donors (Lipinski definition) is 1. The first-order valence-electron chi connectivity index (χ1n) is 3.92. The highest BCUT2D eigenvalue weighted by molar-refractivity contribution is 6.69. The summed E-state index contributed by atoms with van der Waals surface area (Å²) in [5.74, 6) is 5.17. The van der Waals surface area contributed by atoms with Crippen LogP contribution in [0.4, 0.5) is 4.39 Å². The van der Waals surface area contributed by atoms with Gasteiger partial charge in [-0.1, -0.05) is 17.7 Å². The Hall–Kier alpha value is -1.29. The van der Waals surface area contributed by atoms with Gasteiger partial charge in [0.25, 0.3) is 0 Å².